The zero-order chi connectivity index (χ0) is 16.3. The largest absolute Gasteiger partial charge is 0.353 e. The van der Waals surface area contributed by atoms with Crippen LogP contribution >= 0.6 is 11.8 Å². The second-order valence-corrected chi connectivity index (χ2v) is 7.42. The maximum absolute atomic E-state index is 9.21. The molecule has 1 saturated heterocycles. The van der Waals surface area contributed by atoms with E-state index in [1.54, 1.807) is 0 Å². The van der Waals surface area contributed by atoms with Crippen molar-refractivity contribution in [2.45, 2.75) is 19.3 Å². The first-order valence-corrected chi connectivity index (χ1v) is 8.94. The van der Waals surface area contributed by atoms with Crippen molar-refractivity contribution in [1.29, 1.82) is 5.26 Å². The monoisotopic (exact) mass is 324 g/mol. The third-order valence-electron chi connectivity index (χ3n) is 4.17. The molecule has 4 nitrogen and oxygen atoms in total. The summed E-state index contributed by atoms with van der Waals surface area (Å²) in [6, 6.07) is 14.4. The molecule has 1 aromatic carbocycles. The van der Waals surface area contributed by atoms with Gasteiger partial charge in [-0.2, -0.15) is 17.0 Å². The maximum Gasteiger partial charge on any atom is 0.151 e. The van der Waals surface area contributed by atoms with Crippen molar-refractivity contribution in [3.8, 4) is 17.3 Å². The zero-order valence-corrected chi connectivity index (χ0v) is 14.3. The number of benzene rings is 1. The minimum absolute atomic E-state index is 0.472. The molecule has 1 aliphatic rings. The Bertz CT molecular complexity index is 695. The molecular weight excluding hydrogens is 304 g/mol. The molecule has 0 radical (unpaired) electrons. The van der Waals surface area contributed by atoms with Gasteiger partial charge in [-0.15, -0.1) is 10.2 Å². The van der Waals surface area contributed by atoms with E-state index >= 15 is 0 Å². The highest BCUT2D eigenvalue weighted by molar-refractivity contribution is 7.99. The Hall–Kier alpha value is -2.06. The van der Waals surface area contributed by atoms with Crippen LogP contribution in [0.2, 0.25) is 0 Å². The topological polar surface area (TPSA) is 52.8 Å². The highest BCUT2D eigenvalue weighted by Gasteiger charge is 2.19. The van der Waals surface area contributed by atoms with E-state index in [1.807, 2.05) is 62.0 Å². The Morgan fingerprint density at radius 3 is 2.30 bits per heavy atom. The van der Waals surface area contributed by atoms with E-state index in [1.165, 1.54) is 0 Å². The fraction of sp³-hybridized carbons (Fsp3) is 0.389. The average Bonchev–Trinajstić information content (AvgIpc) is 2.63. The van der Waals surface area contributed by atoms with Gasteiger partial charge >= 0.3 is 0 Å². The Morgan fingerprint density at radius 2 is 1.74 bits per heavy atom. The van der Waals surface area contributed by atoms with Gasteiger partial charge < -0.3 is 4.90 Å². The smallest absolute Gasteiger partial charge is 0.151 e. The predicted octanol–water partition coefficient (Wildman–Crippen LogP) is 3.50. The van der Waals surface area contributed by atoms with Crippen molar-refractivity contribution >= 4 is 17.6 Å². The standard InChI is InChI=1S/C18H20N4S/c1-18(2,13-19)15-5-3-14(4-6-15)16-7-8-17(21-20-16)22-9-11-23-12-10-22/h3-8H,9-12H2,1-2H3. The van der Waals surface area contributed by atoms with Crippen LogP contribution in [0.25, 0.3) is 11.3 Å². The zero-order valence-electron chi connectivity index (χ0n) is 13.5. The Kier molecular flexibility index (Phi) is 4.53. The second-order valence-electron chi connectivity index (χ2n) is 6.19. The number of hydrogen-bond acceptors (Lipinski definition) is 5. The van der Waals surface area contributed by atoms with Gasteiger partial charge in [-0.05, 0) is 31.5 Å². The van der Waals surface area contributed by atoms with Crippen LogP contribution in [-0.2, 0) is 5.41 Å². The molecule has 1 aliphatic heterocycles. The number of nitrogens with zero attached hydrogens (tertiary/aromatic N) is 4. The molecule has 0 saturated carbocycles. The first kappa shape index (κ1) is 15.8. The summed E-state index contributed by atoms with van der Waals surface area (Å²) in [6.45, 7) is 5.92. The first-order chi connectivity index (χ1) is 11.1. The molecule has 0 amide bonds. The van der Waals surface area contributed by atoms with E-state index in [9.17, 15) is 5.26 Å². The van der Waals surface area contributed by atoms with Crippen LogP contribution in [0.15, 0.2) is 36.4 Å². The van der Waals surface area contributed by atoms with Crippen LogP contribution in [0.5, 0.6) is 0 Å². The SMILES string of the molecule is CC(C)(C#N)c1ccc(-c2ccc(N3CCSCC3)nn2)cc1. The molecule has 3 rings (SSSR count). The Labute approximate surface area is 141 Å². The van der Waals surface area contributed by atoms with E-state index in [0.717, 1.165) is 47.2 Å². The van der Waals surface area contributed by atoms with Gasteiger partial charge in [0.2, 0.25) is 0 Å². The van der Waals surface area contributed by atoms with Crippen LogP contribution in [0, 0.1) is 11.3 Å². The lowest BCUT2D eigenvalue weighted by Crippen LogP contribution is -2.33. The molecule has 5 heteroatoms. The molecule has 1 aromatic heterocycles. The molecule has 0 aliphatic carbocycles. The number of hydrogen-bond donors (Lipinski definition) is 0. The summed E-state index contributed by atoms with van der Waals surface area (Å²) in [5, 5.41) is 18.0. The summed E-state index contributed by atoms with van der Waals surface area (Å²) < 4.78 is 0. The van der Waals surface area contributed by atoms with Crippen molar-refractivity contribution < 1.29 is 0 Å². The highest BCUT2D eigenvalue weighted by Crippen LogP contribution is 2.26. The van der Waals surface area contributed by atoms with E-state index in [-0.39, 0.29) is 0 Å². The second kappa shape index (κ2) is 6.59. The van der Waals surface area contributed by atoms with Crippen LogP contribution in [0.1, 0.15) is 19.4 Å². The molecule has 0 N–H and O–H groups in total. The third kappa shape index (κ3) is 3.48. The van der Waals surface area contributed by atoms with Crippen LogP contribution in [0.4, 0.5) is 5.82 Å². The van der Waals surface area contributed by atoms with Gasteiger partial charge in [0.15, 0.2) is 5.82 Å². The van der Waals surface area contributed by atoms with Crippen LogP contribution in [0.3, 0.4) is 0 Å². The third-order valence-corrected chi connectivity index (χ3v) is 5.11. The van der Waals surface area contributed by atoms with Crippen molar-refractivity contribution in [2.24, 2.45) is 0 Å². The summed E-state index contributed by atoms with van der Waals surface area (Å²) in [6.07, 6.45) is 0. The normalized spacial score (nSPS) is 15.3. The molecule has 0 bridgehead atoms. The van der Waals surface area contributed by atoms with Gasteiger partial charge in [-0.25, -0.2) is 0 Å². The molecule has 2 aromatic rings. The van der Waals surface area contributed by atoms with Crippen molar-refractivity contribution in [3.05, 3.63) is 42.0 Å². The predicted molar refractivity (Wildman–Crippen MR) is 95.6 cm³/mol. The average molecular weight is 324 g/mol. The lowest BCUT2D eigenvalue weighted by Gasteiger charge is -2.26. The first-order valence-electron chi connectivity index (χ1n) is 7.79. The van der Waals surface area contributed by atoms with Crippen molar-refractivity contribution in [1.82, 2.24) is 10.2 Å². The lowest BCUT2D eigenvalue weighted by molar-refractivity contribution is 0.687. The van der Waals surface area contributed by atoms with E-state index in [4.69, 9.17) is 0 Å². The minimum Gasteiger partial charge on any atom is -0.353 e. The van der Waals surface area contributed by atoms with Gasteiger partial charge in [-0.3, -0.25) is 0 Å². The van der Waals surface area contributed by atoms with Crippen molar-refractivity contribution in [3.63, 3.8) is 0 Å². The van der Waals surface area contributed by atoms with Gasteiger partial charge in [0, 0.05) is 30.2 Å². The molecular formula is C18H20N4S. The number of rotatable bonds is 3. The molecule has 0 spiro atoms. The number of thioether (sulfide) groups is 1. The van der Waals surface area contributed by atoms with E-state index < -0.39 is 5.41 Å². The Morgan fingerprint density at radius 1 is 1.04 bits per heavy atom. The molecule has 0 unspecified atom stereocenters. The number of anilines is 1. The fourth-order valence-electron chi connectivity index (χ4n) is 2.56. The number of nitriles is 1. The number of aromatic nitrogens is 2. The summed E-state index contributed by atoms with van der Waals surface area (Å²) in [5.41, 5.74) is 2.43. The van der Waals surface area contributed by atoms with Crippen LogP contribution < -0.4 is 4.90 Å². The molecule has 23 heavy (non-hydrogen) atoms. The minimum atomic E-state index is -0.472. The Balaban J connectivity index is 1.78. The molecule has 2 heterocycles. The van der Waals surface area contributed by atoms with Gasteiger partial charge in [0.25, 0.3) is 0 Å². The van der Waals surface area contributed by atoms with Crippen LogP contribution in [-0.4, -0.2) is 34.8 Å². The summed E-state index contributed by atoms with van der Waals surface area (Å²) in [5.74, 6) is 3.26. The highest BCUT2D eigenvalue weighted by atomic mass is 32.2. The maximum atomic E-state index is 9.21. The van der Waals surface area contributed by atoms with Gasteiger partial charge in [0.05, 0.1) is 17.2 Å². The lowest BCUT2D eigenvalue weighted by atomic mass is 9.86. The van der Waals surface area contributed by atoms with Gasteiger partial charge in [-0.1, -0.05) is 24.3 Å². The summed E-state index contributed by atoms with van der Waals surface area (Å²) in [7, 11) is 0. The van der Waals surface area contributed by atoms with E-state index in [2.05, 4.69) is 21.2 Å². The molecule has 118 valence electrons. The van der Waals surface area contributed by atoms with E-state index in [0.29, 0.717) is 0 Å². The molecule has 0 atom stereocenters. The fourth-order valence-corrected chi connectivity index (χ4v) is 3.47. The van der Waals surface area contributed by atoms with Crippen molar-refractivity contribution in [2.75, 3.05) is 29.5 Å². The van der Waals surface area contributed by atoms with Gasteiger partial charge in [0.1, 0.15) is 0 Å². The molecule has 1 fully saturated rings. The quantitative estimate of drug-likeness (QED) is 0.865. The summed E-state index contributed by atoms with van der Waals surface area (Å²) >= 11 is 1.99. The summed E-state index contributed by atoms with van der Waals surface area (Å²) in [4.78, 5) is 2.28.